The first-order valence-electron chi connectivity index (χ1n) is 7.62. The minimum Gasteiger partial charge on any atom is -0.496 e. The van der Waals surface area contributed by atoms with Crippen LogP contribution in [-0.4, -0.2) is 12.1 Å². The van der Waals surface area contributed by atoms with Crippen molar-refractivity contribution in [1.82, 2.24) is 4.98 Å². The van der Waals surface area contributed by atoms with Gasteiger partial charge in [-0.25, -0.2) is 0 Å². The SMILES string of the molecule is COc1cc2[nH]cc(C#N)c(=O)c2cc1Cc1ccc(C(F)(F)F)cc1. The minimum atomic E-state index is -4.39. The van der Waals surface area contributed by atoms with Gasteiger partial charge in [-0.15, -0.1) is 0 Å². The lowest BCUT2D eigenvalue weighted by molar-refractivity contribution is -0.137. The largest absolute Gasteiger partial charge is 0.496 e. The Balaban J connectivity index is 2.05. The number of H-pyrrole nitrogens is 1. The molecule has 0 unspecified atom stereocenters. The Labute approximate surface area is 146 Å². The number of aromatic amines is 1. The first-order valence-corrected chi connectivity index (χ1v) is 7.62. The van der Waals surface area contributed by atoms with Crippen LogP contribution >= 0.6 is 0 Å². The molecule has 0 aliphatic carbocycles. The summed E-state index contributed by atoms with van der Waals surface area (Å²) in [5.74, 6) is 0.498. The van der Waals surface area contributed by atoms with Crippen LogP contribution in [0.4, 0.5) is 13.2 Å². The van der Waals surface area contributed by atoms with Gasteiger partial charge in [0.05, 0.1) is 18.2 Å². The van der Waals surface area contributed by atoms with Gasteiger partial charge in [-0.3, -0.25) is 4.79 Å². The van der Waals surface area contributed by atoms with Crippen molar-refractivity contribution in [2.24, 2.45) is 0 Å². The second kappa shape index (κ2) is 6.56. The number of rotatable bonds is 3. The number of pyridine rings is 1. The van der Waals surface area contributed by atoms with E-state index in [2.05, 4.69) is 4.98 Å². The van der Waals surface area contributed by atoms with Gasteiger partial charge in [0.15, 0.2) is 0 Å². The number of halogens is 3. The van der Waals surface area contributed by atoms with Gasteiger partial charge < -0.3 is 9.72 Å². The summed E-state index contributed by atoms with van der Waals surface area (Å²) >= 11 is 0. The first-order chi connectivity index (χ1) is 12.3. The number of ether oxygens (including phenoxy) is 1. The molecule has 0 radical (unpaired) electrons. The highest BCUT2D eigenvalue weighted by molar-refractivity contribution is 5.82. The van der Waals surface area contributed by atoms with Crippen LogP contribution in [0.25, 0.3) is 10.9 Å². The summed E-state index contributed by atoms with van der Waals surface area (Å²) in [4.78, 5) is 15.2. The van der Waals surface area contributed by atoms with E-state index >= 15 is 0 Å². The third-order valence-electron chi connectivity index (χ3n) is 4.08. The third-order valence-corrected chi connectivity index (χ3v) is 4.08. The van der Waals surface area contributed by atoms with Crippen molar-refractivity contribution in [2.45, 2.75) is 12.6 Å². The average molecular weight is 358 g/mol. The summed E-state index contributed by atoms with van der Waals surface area (Å²) in [5, 5.41) is 9.31. The van der Waals surface area contributed by atoms with E-state index < -0.39 is 17.2 Å². The van der Waals surface area contributed by atoms with Crippen molar-refractivity contribution in [1.29, 1.82) is 5.26 Å². The van der Waals surface area contributed by atoms with Gasteiger partial charge in [0.1, 0.15) is 17.4 Å². The van der Waals surface area contributed by atoms with Crippen molar-refractivity contribution in [2.75, 3.05) is 7.11 Å². The van der Waals surface area contributed by atoms with Crippen LogP contribution in [0.15, 0.2) is 47.4 Å². The number of hydrogen-bond donors (Lipinski definition) is 1. The molecule has 0 atom stereocenters. The molecule has 1 N–H and O–H groups in total. The molecule has 0 spiro atoms. The smallest absolute Gasteiger partial charge is 0.416 e. The van der Waals surface area contributed by atoms with E-state index in [9.17, 15) is 18.0 Å². The number of aromatic nitrogens is 1. The van der Waals surface area contributed by atoms with Crippen LogP contribution in [0.5, 0.6) is 5.75 Å². The van der Waals surface area contributed by atoms with E-state index in [1.54, 1.807) is 12.1 Å². The van der Waals surface area contributed by atoms with Gasteiger partial charge in [-0.05, 0) is 29.3 Å². The standard InChI is InChI=1S/C19H13F3N2O2/c1-26-17-8-16-15(18(25)13(9-23)10-24-16)7-12(17)6-11-2-4-14(5-3-11)19(20,21)22/h2-5,7-8,10H,6H2,1H3,(H,24,25). The predicted octanol–water partition coefficient (Wildman–Crippen LogP) is 4.02. The molecular weight excluding hydrogens is 345 g/mol. The number of alkyl halides is 3. The highest BCUT2D eigenvalue weighted by Crippen LogP contribution is 2.30. The normalized spacial score (nSPS) is 11.3. The molecule has 0 bridgehead atoms. The number of benzene rings is 2. The fourth-order valence-corrected chi connectivity index (χ4v) is 2.74. The van der Waals surface area contributed by atoms with Gasteiger partial charge in [0.2, 0.25) is 5.43 Å². The molecule has 0 saturated heterocycles. The fourth-order valence-electron chi connectivity index (χ4n) is 2.74. The Bertz CT molecular complexity index is 1060. The lowest BCUT2D eigenvalue weighted by Crippen LogP contribution is -2.08. The van der Waals surface area contributed by atoms with Gasteiger partial charge >= 0.3 is 6.18 Å². The maximum Gasteiger partial charge on any atom is 0.416 e. The molecule has 2 aromatic carbocycles. The molecule has 1 heterocycles. The summed E-state index contributed by atoms with van der Waals surface area (Å²) < 4.78 is 43.3. The van der Waals surface area contributed by atoms with Crippen LogP contribution in [0.1, 0.15) is 22.3 Å². The van der Waals surface area contributed by atoms with Crippen molar-refractivity contribution in [3.8, 4) is 11.8 Å². The van der Waals surface area contributed by atoms with Crippen molar-refractivity contribution < 1.29 is 17.9 Å². The highest BCUT2D eigenvalue weighted by Gasteiger charge is 2.29. The van der Waals surface area contributed by atoms with Gasteiger partial charge in [0, 0.05) is 24.1 Å². The quantitative estimate of drug-likeness (QED) is 0.769. The zero-order valence-corrected chi connectivity index (χ0v) is 13.6. The Morgan fingerprint density at radius 2 is 1.88 bits per heavy atom. The Morgan fingerprint density at radius 1 is 1.19 bits per heavy atom. The molecule has 3 aromatic rings. The Kier molecular flexibility index (Phi) is 4.43. The number of nitrogens with one attached hydrogen (secondary N) is 1. The topological polar surface area (TPSA) is 65.9 Å². The van der Waals surface area contributed by atoms with Crippen molar-refractivity contribution in [3.63, 3.8) is 0 Å². The van der Waals surface area contributed by atoms with Crippen LogP contribution in [-0.2, 0) is 12.6 Å². The minimum absolute atomic E-state index is 0.0110. The fraction of sp³-hybridized carbons (Fsp3) is 0.158. The van der Waals surface area contributed by atoms with E-state index in [4.69, 9.17) is 10.00 Å². The maximum absolute atomic E-state index is 12.7. The lowest BCUT2D eigenvalue weighted by atomic mass is 10.00. The lowest BCUT2D eigenvalue weighted by Gasteiger charge is -2.12. The molecule has 4 nitrogen and oxygen atoms in total. The van der Waals surface area contributed by atoms with Crippen LogP contribution in [0.3, 0.4) is 0 Å². The zero-order chi connectivity index (χ0) is 18.9. The van der Waals surface area contributed by atoms with E-state index in [1.807, 2.05) is 6.07 Å². The number of nitrogens with zero attached hydrogens (tertiary/aromatic N) is 1. The second-order valence-electron chi connectivity index (χ2n) is 5.72. The van der Waals surface area contributed by atoms with Crippen molar-refractivity contribution >= 4 is 10.9 Å². The van der Waals surface area contributed by atoms with Crippen LogP contribution in [0.2, 0.25) is 0 Å². The predicted molar refractivity (Wildman–Crippen MR) is 90.1 cm³/mol. The molecule has 0 amide bonds. The molecule has 0 fully saturated rings. The molecule has 3 rings (SSSR count). The Hall–Kier alpha value is -3.27. The summed E-state index contributed by atoms with van der Waals surface area (Å²) in [6.07, 6.45) is -2.77. The molecule has 132 valence electrons. The number of methoxy groups -OCH3 is 1. The summed E-state index contributed by atoms with van der Waals surface area (Å²) in [6, 6.07) is 9.88. The van der Waals surface area contributed by atoms with E-state index in [1.165, 1.54) is 25.4 Å². The molecule has 0 aliphatic rings. The average Bonchev–Trinajstić information content (AvgIpc) is 2.62. The molecule has 1 aromatic heterocycles. The van der Waals surface area contributed by atoms with Crippen LogP contribution in [0, 0.1) is 11.3 Å². The number of fused-ring (bicyclic) bond motifs is 1. The van der Waals surface area contributed by atoms with E-state index in [0.29, 0.717) is 27.8 Å². The number of nitriles is 1. The van der Waals surface area contributed by atoms with Gasteiger partial charge in [-0.2, -0.15) is 18.4 Å². The summed E-state index contributed by atoms with van der Waals surface area (Å²) in [5.41, 5.74) is 0.661. The molecule has 26 heavy (non-hydrogen) atoms. The van der Waals surface area contributed by atoms with E-state index in [-0.39, 0.29) is 12.0 Å². The summed E-state index contributed by atoms with van der Waals surface area (Å²) in [7, 11) is 1.47. The molecule has 0 saturated carbocycles. The van der Waals surface area contributed by atoms with E-state index in [0.717, 1.165) is 12.1 Å². The van der Waals surface area contributed by atoms with Gasteiger partial charge in [0.25, 0.3) is 0 Å². The van der Waals surface area contributed by atoms with Crippen LogP contribution < -0.4 is 10.2 Å². The Morgan fingerprint density at radius 3 is 2.46 bits per heavy atom. The molecular formula is C19H13F3N2O2. The highest BCUT2D eigenvalue weighted by atomic mass is 19.4. The molecule has 0 aliphatic heterocycles. The maximum atomic E-state index is 12.7. The zero-order valence-electron chi connectivity index (χ0n) is 13.6. The first kappa shape index (κ1) is 17.5. The van der Waals surface area contributed by atoms with Crippen molar-refractivity contribution in [3.05, 3.63) is 75.1 Å². The summed E-state index contributed by atoms with van der Waals surface area (Å²) in [6.45, 7) is 0. The monoisotopic (exact) mass is 358 g/mol. The van der Waals surface area contributed by atoms with Gasteiger partial charge in [-0.1, -0.05) is 12.1 Å². The third kappa shape index (κ3) is 3.26. The second-order valence-corrected chi connectivity index (χ2v) is 5.72. The number of hydrogen-bond acceptors (Lipinski definition) is 3. The molecule has 7 heteroatoms.